The first-order valence-corrected chi connectivity index (χ1v) is 10.7. The Bertz CT molecular complexity index is 986. The lowest BCUT2D eigenvalue weighted by atomic mass is 9.77. The van der Waals surface area contributed by atoms with E-state index >= 15 is 0 Å². The van der Waals surface area contributed by atoms with Crippen molar-refractivity contribution < 1.29 is 9.18 Å². The van der Waals surface area contributed by atoms with Crippen molar-refractivity contribution in [3.05, 3.63) is 89.2 Å². The molecule has 5 nitrogen and oxygen atoms in total. The topological polar surface area (TPSA) is 48.5 Å². The third-order valence-corrected chi connectivity index (χ3v) is 6.30. The van der Waals surface area contributed by atoms with Crippen LogP contribution in [0.1, 0.15) is 24.6 Å². The predicted octanol–water partition coefficient (Wildman–Crippen LogP) is 3.50. The molecule has 1 aromatic heterocycles. The van der Waals surface area contributed by atoms with E-state index in [1.165, 1.54) is 23.3 Å². The number of hydrogen-bond donors (Lipinski definition) is 1. The van der Waals surface area contributed by atoms with Gasteiger partial charge in [-0.05, 0) is 55.8 Å². The molecule has 0 spiro atoms. The summed E-state index contributed by atoms with van der Waals surface area (Å²) in [5.41, 5.74) is 5.34. The summed E-state index contributed by atoms with van der Waals surface area (Å²) in [7, 11) is 2.01. The molecule has 0 bridgehead atoms. The molecule has 2 aliphatic rings. The monoisotopic (exact) mass is 420 g/mol. The van der Waals surface area contributed by atoms with Crippen molar-refractivity contribution in [1.29, 1.82) is 0 Å². The van der Waals surface area contributed by atoms with Gasteiger partial charge in [0.05, 0.1) is 18.3 Å². The number of fused-ring (bicyclic) bond motifs is 1. The van der Waals surface area contributed by atoms with Crippen LogP contribution >= 0.6 is 0 Å². The van der Waals surface area contributed by atoms with Gasteiger partial charge in [0.25, 0.3) is 0 Å². The largest absolute Gasteiger partial charge is 0.367 e. The highest BCUT2D eigenvalue weighted by atomic mass is 19.1. The normalized spacial score (nSPS) is 21.8. The second-order valence-electron chi connectivity index (χ2n) is 8.48. The van der Waals surface area contributed by atoms with Gasteiger partial charge < -0.3 is 10.2 Å². The fourth-order valence-corrected chi connectivity index (χ4v) is 4.85. The molecule has 1 saturated heterocycles. The van der Waals surface area contributed by atoms with Crippen LogP contribution in [0.25, 0.3) is 0 Å². The number of halogens is 1. The average Bonchev–Trinajstić information content (AvgIpc) is 2.76. The number of nitrogens with one attached hydrogen (secondary N) is 1. The molecule has 3 heterocycles. The molecule has 162 valence electrons. The Balaban J connectivity index is 1.49. The maximum atomic E-state index is 13.3. The second-order valence-corrected chi connectivity index (χ2v) is 8.48. The van der Waals surface area contributed by atoms with Crippen molar-refractivity contribution in [2.45, 2.75) is 32.5 Å². The van der Waals surface area contributed by atoms with Crippen molar-refractivity contribution in [3.63, 3.8) is 0 Å². The molecule has 4 rings (SSSR count). The highest BCUT2D eigenvalue weighted by Gasteiger charge is 2.42. The van der Waals surface area contributed by atoms with E-state index in [9.17, 15) is 9.18 Å². The van der Waals surface area contributed by atoms with Crippen molar-refractivity contribution >= 4 is 5.91 Å². The molecule has 2 unspecified atom stereocenters. The molecule has 1 aromatic carbocycles. The third-order valence-electron chi connectivity index (χ3n) is 6.30. The van der Waals surface area contributed by atoms with Crippen LogP contribution in [0.5, 0.6) is 0 Å². The summed E-state index contributed by atoms with van der Waals surface area (Å²) in [6, 6.07) is 12.1. The molecule has 6 heteroatoms. The van der Waals surface area contributed by atoms with Gasteiger partial charge in [0.1, 0.15) is 5.82 Å². The van der Waals surface area contributed by atoms with E-state index in [1.807, 2.05) is 37.4 Å². The average molecular weight is 421 g/mol. The zero-order valence-corrected chi connectivity index (χ0v) is 18.1. The van der Waals surface area contributed by atoms with E-state index in [0.717, 1.165) is 36.5 Å². The minimum atomic E-state index is -0.230. The number of allylic oxidation sites excluding steroid dienone is 1. The minimum Gasteiger partial charge on any atom is -0.367 e. The number of aromatic nitrogens is 1. The van der Waals surface area contributed by atoms with E-state index in [-0.39, 0.29) is 23.7 Å². The number of likely N-dealkylation sites (N-methyl/N-ethyl adjacent to an activating group) is 1. The lowest BCUT2D eigenvalue weighted by molar-refractivity contribution is -0.128. The molecule has 2 aliphatic heterocycles. The molecule has 1 amide bonds. The molecular weight excluding hydrogens is 391 g/mol. The first kappa shape index (κ1) is 21.2. The summed E-state index contributed by atoms with van der Waals surface area (Å²) in [5.74, 6) is -0.0860. The Kier molecular flexibility index (Phi) is 6.18. The lowest BCUT2D eigenvalue weighted by Crippen LogP contribution is -2.55. The molecule has 2 atom stereocenters. The van der Waals surface area contributed by atoms with Gasteiger partial charge in [-0.1, -0.05) is 30.4 Å². The Morgan fingerprint density at radius 2 is 2.03 bits per heavy atom. The number of nitrogens with zero attached hydrogens (tertiary/aromatic N) is 3. The Labute approximate surface area is 183 Å². The Morgan fingerprint density at radius 3 is 2.74 bits per heavy atom. The fraction of sp³-hybridized carbons (Fsp3) is 0.360. The summed E-state index contributed by atoms with van der Waals surface area (Å²) in [5, 5.41) is 3.07. The van der Waals surface area contributed by atoms with Crippen molar-refractivity contribution in [2.75, 3.05) is 20.1 Å². The summed E-state index contributed by atoms with van der Waals surface area (Å²) in [6.07, 6.45) is 2.61. The molecule has 1 fully saturated rings. The smallest absolute Gasteiger partial charge is 0.238 e. The quantitative estimate of drug-likeness (QED) is 0.804. The summed E-state index contributed by atoms with van der Waals surface area (Å²) < 4.78 is 13.3. The van der Waals surface area contributed by atoms with E-state index < -0.39 is 0 Å². The number of likely N-dealkylation sites (tertiary alicyclic amines) is 1. The third kappa shape index (κ3) is 4.54. The number of carbonyl (C=O) groups excluding carboxylic acids is 1. The highest BCUT2D eigenvalue weighted by Crippen LogP contribution is 2.40. The predicted molar refractivity (Wildman–Crippen MR) is 119 cm³/mol. The summed E-state index contributed by atoms with van der Waals surface area (Å²) in [6.45, 7) is 9.18. The molecule has 0 aliphatic carbocycles. The molecule has 31 heavy (non-hydrogen) atoms. The van der Waals surface area contributed by atoms with Gasteiger partial charge in [0.15, 0.2) is 0 Å². The maximum absolute atomic E-state index is 13.3. The number of rotatable bonds is 5. The van der Waals surface area contributed by atoms with Crippen LogP contribution in [0.15, 0.2) is 72.1 Å². The standard InChI is InChI=1S/C25H29FN4O/c1-17-15-29(3)24(25(31)28-14-21-6-4-5-12-27-21)22-11-13-30(18(2)23(17)22)16-19-7-9-20(26)10-8-19/h4-10,12,22,24H,2,11,13-16H2,1,3H3,(H,28,31). The molecule has 2 aromatic rings. The van der Waals surface area contributed by atoms with Crippen molar-refractivity contribution in [2.24, 2.45) is 5.92 Å². The molecule has 0 saturated carbocycles. The van der Waals surface area contributed by atoms with Crippen LogP contribution in [0.3, 0.4) is 0 Å². The Morgan fingerprint density at radius 1 is 1.26 bits per heavy atom. The Hall–Kier alpha value is -2.99. The summed E-state index contributed by atoms with van der Waals surface area (Å²) >= 11 is 0. The van der Waals surface area contributed by atoms with Gasteiger partial charge >= 0.3 is 0 Å². The minimum absolute atomic E-state index is 0.0305. The van der Waals surface area contributed by atoms with E-state index in [4.69, 9.17) is 0 Å². The van der Waals surface area contributed by atoms with Crippen LogP contribution in [-0.2, 0) is 17.9 Å². The van der Waals surface area contributed by atoms with E-state index in [1.54, 1.807) is 6.20 Å². The maximum Gasteiger partial charge on any atom is 0.238 e. The lowest BCUT2D eigenvalue weighted by Gasteiger charge is -2.47. The molecule has 1 N–H and O–H groups in total. The van der Waals surface area contributed by atoms with Gasteiger partial charge in [-0.3, -0.25) is 14.7 Å². The van der Waals surface area contributed by atoms with Crippen LogP contribution < -0.4 is 5.32 Å². The van der Waals surface area contributed by atoms with Gasteiger partial charge in [0.2, 0.25) is 5.91 Å². The zero-order valence-electron chi connectivity index (χ0n) is 18.1. The number of hydrogen-bond acceptors (Lipinski definition) is 4. The summed E-state index contributed by atoms with van der Waals surface area (Å²) in [4.78, 5) is 21.9. The zero-order chi connectivity index (χ0) is 22.0. The number of carbonyl (C=O) groups is 1. The van der Waals surface area contributed by atoms with Crippen LogP contribution in [0.2, 0.25) is 0 Å². The first-order chi connectivity index (χ1) is 14.9. The van der Waals surface area contributed by atoms with Crippen LogP contribution in [-0.4, -0.2) is 46.9 Å². The van der Waals surface area contributed by atoms with E-state index in [0.29, 0.717) is 13.1 Å². The fourth-order valence-electron chi connectivity index (χ4n) is 4.85. The van der Waals surface area contributed by atoms with Gasteiger partial charge in [-0.15, -0.1) is 0 Å². The molecule has 0 radical (unpaired) electrons. The SMILES string of the molecule is C=C1C2=C(C)CN(C)C(C(=O)NCc3ccccn3)C2CCN1Cc1ccc(F)cc1. The van der Waals surface area contributed by atoms with Gasteiger partial charge in [0, 0.05) is 37.4 Å². The van der Waals surface area contributed by atoms with E-state index in [2.05, 4.69) is 33.6 Å². The van der Waals surface area contributed by atoms with Crippen LogP contribution in [0, 0.1) is 11.7 Å². The van der Waals surface area contributed by atoms with Gasteiger partial charge in [-0.2, -0.15) is 0 Å². The first-order valence-electron chi connectivity index (χ1n) is 10.7. The van der Waals surface area contributed by atoms with Crippen LogP contribution in [0.4, 0.5) is 4.39 Å². The van der Waals surface area contributed by atoms with Gasteiger partial charge in [-0.25, -0.2) is 4.39 Å². The number of piperidine rings is 1. The molecular formula is C25H29FN4O. The van der Waals surface area contributed by atoms with Crippen molar-refractivity contribution in [3.8, 4) is 0 Å². The van der Waals surface area contributed by atoms with Crippen molar-refractivity contribution in [1.82, 2.24) is 20.1 Å². The second kappa shape index (κ2) is 9.02. The highest BCUT2D eigenvalue weighted by molar-refractivity contribution is 5.83. The number of benzene rings is 1. The number of pyridine rings is 1. The number of amides is 1.